The molecule has 11 nitrogen and oxygen atoms in total. The van der Waals surface area contributed by atoms with Crippen LogP contribution in [0.3, 0.4) is 0 Å². The standard InChI is InChI=1S/C31H31N7O4S/c1-43(41,42)27-26(21-14-22-9-10-23(15-21)37(22)30(39)31(40)12-5-13-33-18-31)36-29-24(17-35-38(29)28(27)32)20-8-11-25(34-16-20)19-6-3-2-4-7-19/h2-8,11-13,16-17,21-23,40H,9-10,14-15,18,32H2,1H3/t21?,22-,23+,31?. The highest BCUT2D eigenvalue weighted by Gasteiger charge is 2.50. The molecule has 0 saturated carbocycles. The van der Waals surface area contributed by atoms with Crippen molar-refractivity contribution in [2.45, 2.75) is 54.2 Å². The molecule has 0 spiro atoms. The van der Waals surface area contributed by atoms with E-state index in [1.165, 1.54) is 10.6 Å². The second-order valence-electron chi connectivity index (χ2n) is 11.6. The topological polar surface area (TPSA) is 156 Å². The number of benzene rings is 1. The number of nitrogen functional groups attached to an aromatic ring is 1. The van der Waals surface area contributed by atoms with Crippen molar-refractivity contribution in [3.8, 4) is 22.4 Å². The Balaban J connectivity index is 1.26. The van der Waals surface area contributed by atoms with Crippen molar-refractivity contribution in [3.63, 3.8) is 0 Å². The molecule has 2 unspecified atom stereocenters. The van der Waals surface area contributed by atoms with E-state index < -0.39 is 15.4 Å². The number of pyridine rings is 1. The summed E-state index contributed by atoms with van der Waals surface area (Å²) in [6.07, 6.45) is 11.7. The summed E-state index contributed by atoms with van der Waals surface area (Å²) in [5.41, 5.74) is 8.98. The Morgan fingerprint density at radius 2 is 1.79 bits per heavy atom. The van der Waals surface area contributed by atoms with Crippen LogP contribution in [-0.2, 0) is 14.6 Å². The largest absolute Gasteiger partial charge is 0.382 e. The molecule has 4 atom stereocenters. The number of amides is 1. The number of fused-ring (bicyclic) bond motifs is 3. The quantitative estimate of drug-likeness (QED) is 0.356. The van der Waals surface area contributed by atoms with Crippen LogP contribution in [0.25, 0.3) is 28.0 Å². The molecule has 7 rings (SSSR count). The maximum atomic E-state index is 13.5. The van der Waals surface area contributed by atoms with Crippen molar-refractivity contribution < 1.29 is 18.3 Å². The first-order valence-electron chi connectivity index (χ1n) is 14.3. The van der Waals surface area contributed by atoms with Gasteiger partial charge in [-0.05, 0) is 43.9 Å². The second kappa shape index (κ2) is 10.1. The first-order valence-corrected chi connectivity index (χ1v) is 16.1. The van der Waals surface area contributed by atoms with E-state index in [1.54, 1.807) is 29.6 Å². The average Bonchev–Trinajstić information content (AvgIpc) is 3.54. The van der Waals surface area contributed by atoms with Gasteiger partial charge in [0.05, 0.1) is 24.1 Å². The van der Waals surface area contributed by atoms with Gasteiger partial charge in [-0.1, -0.05) is 36.4 Å². The molecule has 4 aromatic rings. The van der Waals surface area contributed by atoms with Crippen LogP contribution < -0.4 is 5.73 Å². The zero-order valence-electron chi connectivity index (χ0n) is 23.5. The monoisotopic (exact) mass is 597 g/mol. The van der Waals surface area contributed by atoms with Crippen LogP contribution in [0.5, 0.6) is 0 Å². The Bertz CT molecular complexity index is 1890. The van der Waals surface area contributed by atoms with Crippen molar-refractivity contribution in [1.29, 1.82) is 0 Å². The number of anilines is 1. The van der Waals surface area contributed by atoms with Crippen LogP contribution in [0, 0.1) is 0 Å². The fraction of sp³-hybridized carbons (Fsp3) is 0.323. The number of nitrogens with two attached hydrogens (primary N) is 1. The molecule has 1 amide bonds. The summed E-state index contributed by atoms with van der Waals surface area (Å²) in [7, 11) is -3.77. The molecule has 2 saturated heterocycles. The van der Waals surface area contributed by atoms with Crippen LogP contribution in [0.2, 0.25) is 0 Å². The number of sulfone groups is 1. The number of aromatic nitrogens is 4. The van der Waals surface area contributed by atoms with E-state index in [0.29, 0.717) is 29.7 Å². The zero-order valence-corrected chi connectivity index (χ0v) is 24.4. The Morgan fingerprint density at radius 3 is 2.42 bits per heavy atom. The molecule has 0 aliphatic carbocycles. The maximum Gasteiger partial charge on any atom is 0.261 e. The molecule has 43 heavy (non-hydrogen) atoms. The van der Waals surface area contributed by atoms with E-state index >= 15 is 0 Å². The number of piperidine rings is 1. The van der Waals surface area contributed by atoms with Gasteiger partial charge in [0.25, 0.3) is 5.91 Å². The predicted octanol–water partition coefficient (Wildman–Crippen LogP) is 3.05. The summed E-state index contributed by atoms with van der Waals surface area (Å²) >= 11 is 0. The number of carbonyl (C=O) groups is 1. The van der Waals surface area contributed by atoms with Crippen molar-refractivity contribution >= 4 is 33.4 Å². The molecule has 6 heterocycles. The van der Waals surface area contributed by atoms with E-state index in [1.807, 2.05) is 42.5 Å². The van der Waals surface area contributed by atoms with Crippen molar-refractivity contribution in [1.82, 2.24) is 24.5 Å². The number of rotatable bonds is 5. The molecule has 3 aromatic heterocycles. The number of allylic oxidation sites excluding steroid dienone is 1. The van der Waals surface area contributed by atoms with Gasteiger partial charge in [-0.2, -0.15) is 9.61 Å². The van der Waals surface area contributed by atoms with Gasteiger partial charge in [-0.25, -0.2) is 13.4 Å². The van der Waals surface area contributed by atoms with Crippen molar-refractivity contribution in [3.05, 3.63) is 72.7 Å². The third-order valence-corrected chi connectivity index (χ3v) is 9.96. The number of dihydropyridines is 1. The molecule has 2 fully saturated rings. The lowest BCUT2D eigenvalue weighted by molar-refractivity contribution is -0.150. The molecule has 2 bridgehead atoms. The Kier molecular flexibility index (Phi) is 6.44. The molecular weight excluding hydrogens is 566 g/mol. The Morgan fingerprint density at radius 1 is 1.05 bits per heavy atom. The van der Waals surface area contributed by atoms with E-state index in [2.05, 4.69) is 15.1 Å². The third kappa shape index (κ3) is 4.61. The highest BCUT2D eigenvalue weighted by Crippen LogP contribution is 2.46. The minimum absolute atomic E-state index is 0.00739. The van der Waals surface area contributed by atoms with Crippen LogP contribution in [0.1, 0.15) is 37.3 Å². The van der Waals surface area contributed by atoms with E-state index in [-0.39, 0.29) is 41.2 Å². The molecule has 3 aliphatic heterocycles. The summed E-state index contributed by atoms with van der Waals surface area (Å²) in [4.78, 5) is 28.9. The first kappa shape index (κ1) is 27.4. The second-order valence-corrected chi connectivity index (χ2v) is 13.6. The first-order chi connectivity index (χ1) is 20.6. The number of aliphatic hydroxyl groups is 1. The van der Waals surface area contributed by atoms with Gasteiger partial charge in [0.2, 0.25) is 0 Å². The lowest BCUT2D eigenvalue weighted by Crippen LogP contribution is -2.56. The fourth-order valence-corrected chi connectivity index (χ4v) is 7.87. The number of aliphatic imine (C=N–C) groups is 1. The zero-order chi connectivity index (χ0) is 29.9. The smallest absolute Gasteiger partial charge is 0.261 e. The number of hydrogen-bond acceptors (Lipinski definition) is 9. The van der Waals surface area contributed by atoms with Gasteiger partial charge in [0, 0.05) is 53.4 Å². The minimum atomic E-state index is -3.77. The fourth-order valence-electron chi connectivity index (χ4n) is 6.81. The molecular formula is C31H31N7O4S. The lowest BCUT2D eigenvalue weighted by atomic mass is 9.86. The number of carbonyl (C=O) groups excluding carboxylic acids is 1. The number of nitrogens with zero attached hydrogens (tertiary/aromatic N) is 6. The van der Waals surface area contributed by atoms with Crippen molar-refractivity contribution in [2.24, 2.45) is 4.99 Å². The molecule has 3 aliphatic rings. The van der Waals surface area contributed by atoms with Gasteiger partial charge in [-0.3, -0.25) is 14.8 Å². The van der Waals surface area contributed by atoms with Crippen molar-refractivity contribution in [2.75, 3.05) is 18.5 Å². The van der Waals surface area contributed by atoms with Gasteiger partial charge in [-0.15, -0.1) is 0 Å². The highest BCUT2D eigenvalue weighted by atomic mass is 32.2. The molecule has 12 heteroatoms. The van der Waals surface area contributed by atoms with Gasteiger partial charge in [0.1, 0.15) is 10.7 Å². The normalized spacial score (nSPS) is 25.0. The maximum absolute atomic E-state index is 13.5. The predicted molar refractivity (Wildman–Crippen MR) is 162 cm³/mol. The van der Waals surface area contributed by atoms with Crippen LogP contribution in [0.15, 0.2) is 76.9 Å². The van der Waals surface area contributed by atoms with E-state index in [9.17, 15) is 18.3 Å². The van der Waals surface area contributed by atoms with Crippen LogP contribution in [-0.4, -0.2) is 80.6 Å². The van der Waals surface area contributed by atoms with Gasteiger partial charge in [0.15, 0.2) is 21.1 Å². The molecule has 1 aromatic carbocycles. The molecule has 3 N–H and O–H groups in total. The lowest BCUT2D eigenvalue weighted by Gasteiger charge is -2.42. The van der Waals surface area contributed by atoms with E-state index in [4.69, 9.17) is 10.7 Å². The van der Waals surface area contributed by atoms with Crippen LogP contribution >= 0.6 is 0 Å². The average molecular weight is 598 g/mol. The van der Waals surface area contributed by atoms with Gasteiger partial charge < -0.3 is 15.7 Å². The SMILES string of the molecule is CS(=O)(=O)c1c(C2C[C@H]3CC[C@@H](C2)N3C(=O)C2(O)C=CC=NC2)nc2c(-c3ccc(-c4ccccc4)nc3)cnn2c1N. The van der Waals surface area contributed by atoms with E-state index in [0.717, 1.165) is 35.9 Å². The third-order valence-electron chi connectivity index (χ3n) is 8.80. The summed E-state index contributed by atoms with van der Waals surface area (Å²) in [5.74, 6) is -0.607. The Labute approximate surface area is 248 Å². The highest BCUT2D eigenvalue weighted by molar-refractivity contribution is 7.91. The summed E-state index contributed by atoms with van der Waals surface area (Å²) in [5, 5.41) is 15.4. The molecule has 220 valence electrons. The summed E-state index contributed by atoms with van der Waals surface area (Å²) < 4.78 is 27.6. The summed E-state index contributed by atoms with van der Waals surface area (Å²) in [6, 6.07) is 13.4. The Hall–Kier alpha value is -4.42. The van der Waals surface area contributed by atoms with Crippen LogP contribution in [0.4, 0.5) is 5.82 Å². The summed E-state index contributed by atoms with van der Waals surface area (Å²) in [6.45, 7) is -0.0140. The number of hydrogen-bond donors (Lipinski definition) is 2. The minimum Gasteiger partial charge on any atom is -0.382 e. The molecule has 0 radical (unpaired) electrons. The van der Waals surface area contributed by atoms with Gasteiger partial charge >= 0.3 is 0 Å².